The van der Waals surface area contributed by atoms with Gasteiger partial charge in [0.05, 0.1) is 0 Å². The molecule has 0 aliphatic carbocycles. The second-order valence-corrected chi connectivity index (χ2v) is 26.7. The largest absolute Gasteiger partial charge is 2.00 e. The van der Waals surface area contributed by atoms with Crippen LogP contribution in [0.5, 0.6) is 0 Å². The van der Waals surface area contributed by atoms with Gasteiger partial charge in [0.25, 0.3) is 0 Å². The summed E-state index contributed by atoms with van der Waals surface area (Å²) in [6.45, 7) is 21.5. The molecule has 0 N–H and O–H groups in total. The van der Waals surface area contributed by atoms with Crippen molar-refractivity contribution in [1.29, 1.82) is 0 Å². The summed E-state index contributed by atoms with van der Waals surface area (Å²) in [7, 11) is 0. The van der Waals surface area contributed by atoms with E-state index in [4.69, 9.17) is 0 Å². The average molecular weight is 1230 g/mol. The first-order chi connectivity index (χ1) is 42.0. The summed E-state index contributed by atoms with van der Waals surface area (Å²) < 4.78 is 1.59. The zero-order chi connectivity index (χ0) is 61.6. The van der Waals surface area contributed by atoms with E-state index in [0.29, 0.717) is 0 Å². The van der Waals surface area contributed by atoms with Gasteiger partial charge in [-0.25, -0.2) is 4.70 Å². The van der Waals surface area contributed by atoms with Crippen LogP contribution >= 0.6 is 0 Å². The first-order valence-corrected chi connectivity index (χ1v) is 38.7. The van der Waals surface area contributed by atoms with Gasteiger partial charge in [0.15, 0.2) is 0 Å². The van der Waals surface area contributed by atoms with Gasteiger partial charge in [-0.15, -0.1) is 0 Å². The van der Waals surface area contributed by atoms with Gasteiger partial charge in [-0.2, -0.15) is 12.8 Å². The number of hydrogen-bond acceptors (Lipinski definition) is 0. The molecule has 2 aromatic carbocycles. The summed E-state index contributed by atoms with van der Waals surface area (Å²) in [5.41, 5.74) is 22.0. The predicted molar refractivity (Wildman–Crippen MR) is 386 cm³/mol. The Bertz CT molecular complexity index is 1700. The van der Waals surface area contributed by atoms with Gasteiger partial charge in [-0.05, 0) is 86.8 Å². The molecule has 0 atom stereocenters. The molecule has 0 radical (unpaired) electrons. The van der Waals surface area contributed by atoms with Crippen LogP contribution in [0.1, 0.15) is 430 Å². The number of aryl methyl sites for hydroxylation is 2. The average Bonchev–Trinajstić information content (AvgIpc) is 1.77. The standard InChI is InChI=1S/C45H70N2.2C19H39.Ni/c1-5-9-13-15-17-18-19-20-21-23-25-29-43-42(28-24-22-16-14-10-6-2)44(40-34-30-38(31-35-40)26-11-7-3)47(46)45(43)41-36-32-39(33-37-41)27-12-8-4;2*1-3-5-7-9-11-13-15-17-19-18-16-14-12-10-8-6-4-2;/h30-37H,5-29H2,1-4H3;2*1,3-19H2,2H3;/q;2*-1;+2. The SMILES string of the molecule is CCCCCCCCCCCCCC1=C(c2ccc(CCCC)cc2)[N+](=[N-])C(c2ccc(CCCC)cc2)=C1CCCCCCCC.[CH2-]CCCCCCCCCCCCCCCCCC.[CH2-]CCCCCCCCCCCCCCCCCC.[Ni+2]. The minimum absolute atomic E-state index is 0. The zero-order valence-electron chi connectivity index (χ0n) is 59.0. The smallest absolute Gasteiger partial charge is 0.493 e. The van der Waals surface area contributed by atoms with Crippen molar-refractivity contribution in [3.63, 3.8) is 0 Å². The van der Waals surface area contributed by atoms with Crippen LogP contribution in [-0.2, 0) is 29.3 Å². The minimum atomic E-state index is 0. The molecule has 1 aliphatic heterocycles. The molecule has 500 valence electrons. The number of unbranched alkanes of at least 4 members (excludes halogenated alkanes) is 49. The van der Waals surface area contributed by atoms with Crippen LogP contribution in [0, 0.1) is 13.8 Å². The van der Waals surface area contributed by atoms with Crippen molar-refractivity contribution in [2.75, 3.05) is 0 Å². The van der Waals surface area contributed by atoms with Gasteiger partial charge >= 0.3 is 16.5 Å². The Kier molecular flexibility index (Phi) is 64.4. The molecule has 0 aromatic heterocycles. The number of allylic oxidation sites excluding steroid dienone is 2. The molecule has 0 amide bonds. The van der Waals surface area contributed by atoms with Crippen LogP contribution < -0.4 is 0 Å². The third-order valence-corrected chi connectivity index (χ3v) is 18.5. The molecule has 2 aromatic rings. The van der Waals surface area contributed by atoms with E-state index in [-0.39, 0.29) is 16.5 Å². The van der Waals surface area contributed by atoms with Crippen molar-refractivity contribution in [2.24, 2.45) is 0 Å². The van der Waals surface area contributed by atoms with E-state index in [9.17, 15) is 5.53 Å². The Morgan fingerprint density at radius 2 is 0.430 bits per heavy atom. The molecule has 1 heterocycles. The maximum atomic E-state index is 12.1. The maximum absolute atomic E-state index is 12.1. The maximum Gasteiger partial charge on any atom is 2.00 e. The van der Waals surface area contributed by atoms with Crippen LogP contribution in [0.4, 0.5) is 0 Å². The van der Waals surface area contributed by atoms with Crippen molar-refractivity contribution in [3.05, 3.63) is 101 Å². The summed E-state index contributed by atoms with van der Waals surface area (Å²) in [6.07, 6.45) is 80.5. The van der Waals surface area contributed by atoms with E-state index in [1.165, 1.54) is 363 Å². The number of benzene rings is 2. The second kappa shape index (κ2) is 66.0. The molecule has 3 heteroatoms. The summed E-state index contributed by atoms with van der Waals surface area (Å²) in [5.74, 6) is 0. The molecule has 0 saturated carbocycles. The van der Waals surface area contributed by atoms with Gasteiger partial charge in [-0.3, -0.25) is 0 Å². The number of hydrogen-bond donors (Lipinski definition) is 0. The van der Waals surface area contributed by atoms with E-state index >= 15 is 0 Å². The third-order valence-electron chi connectivity index (χ3n) is 18.5. The van der Waals surface area contributed by atoms with Gasteiger partial charge in [0.2, 0.25) is 11.4 Å². The molecular weight excluding hydrogens is 1080 g/mol. The Morgan fingerprint density at radius 1 is 0.244 bits per heavy atom. The van der Waals surface area contributed by atoms with Crippen LogP contribution in [0.3, 0.4) is 0 Å². The van der Waals surface area contributed by atoms with Gasteiger partial charge in [0, 0.05) is 22.3 Å². The quantitative estimate of drug-likeness (QED) is 0.0273. The summed E-state index contributed by atoms with van der Waals surface area (Å²) in [5, 5.41) is 0. The molecule has 0 spiro atoms. The number of rotatable bonds is 59. The molecule has 0 fully saturated rings. The van der Waals surface area contributed by atoms with Gasteiger partial charge < -0.3 is 19.4 Å². The second-order valence-electron chi connectivity index (χ2n) is 26.7. The minimum Gasteiger partial charge on any atom is -0.493 e. The van der Waals surface area contributed by atoms with Crippen molar-refractivity contribution in [2.45, 2.75) is 420 Å². The van der Waals surface area contributed by atoms with E-state index in [2.05, 4.69) is 104 Å². The van der Waals surface area contributed by atoms with Crippen molar-refractivity contribution >= 4 is 11.4 Å². The molecule has 0 unspecified atom stereocenters. The van der Waals surface area contributed by atoms with Crippen molar-refractivity contribution in [3.8, 4) is 0 Å². The molecule has 0 bridgehead atoms. The van der Waals surface area contributed by atoms with E-state index in [1.807, 2.05) is 0 Å². The molecular formula is C83H148N2Ni. The van der Waals surface area contributed by atoms with Crippen LogP contribution in [0.15, 0.2) is 59.7 Å². The molecule has 86 heavy (non-hydrogen) atoms. The fourth-order valence-electron chi connectivity index (χ4n) is 12.7. The number of nitrogens with zero attached hydrogens (tertiary/aromatic N) is 2. The van der Waals surface area contributed by atoms with Crippen LogP contribution in [0.2, 0.25) is 0 Å². The van der Waals surface area contributed by atoms with E-state index in [1.54, 1.807) is 4.70 Å². The third kappa shape index (κ3) is 47.0. The monoisotopic (exact) mass is 1230 g/mol. The molecule has 2 nitrogen and oxygen atoms in total. The first kappa shape index (κ1) is 84.0. The van der Waals surface area contributed by atoms with Crippen LogP contribution in [0.25, 0.3) is 16.9 Å². The Hall–Kier alpha value is -1.99. The van der Waals surface area contributed by atoms with Crippen molar-refractivity contribution in [1.82, 2.24) is 0 Å². The van der Waals surface area contributed by atoms with Gasteiger partial charge in [-0.1, -0.05) is 380 Å². The zero-order valence-corrected chi connectivity index (χ0v) is 60.0. The normalized spacial score (nSPS) is 12.2. The Labute approximate surface area is 551 Å². The fourth-order valence-corrected chi connectivity index (χ4v) is 12.7. The van der Waals surface area contributed by atoms with E-state index in [0.717, 1.165) is 61.0 Å². The summed E-state index contributed by atoms with van der Waals surface area (Å²) in [4.78, 5) is 0. The Morgan fingerprint density at radius 3 is 0.628 bits per heavy atom. The predicted octanol–water partition coefficient (Wildman–Crippen LogP) is 29.9. The first-order valence-electron chi connectivity index (χ1n) is 38.7. The Balaban J connectivity index is 0.00000152. The topological polar surface area (TPSA) is 25.3 Å². The van der Waals surface area contributed by atoms with E-state index < -0.39 is 0 Å². The molecule has 0 saturated heterocycles. The van der Waals surface area contributed by atoms with Crippen LogP contribution in [-0.4, -0.2) is 4.70 Å². The molecule has 3 rings (SSSR count). The van der Waals surface area contributed by atoms with Gasteiger partial charge in [0.1, 0.15) is 0 Å². The van der Waals surface area contributed by atoms with Crippen molar-refractivity contribution < 1.29 is 21.2 Å². The molecule has 1 aliphatic rings. The summed E-state index contributed by atoms with van der Waals surface area (Å²) in [6, 6.07) is 18.2. The fraction of sp³-hybridized carbons (Fsp3) is 0.783. The summed E-state index contributed by atoms with van der Waals surface area (Å²) >= 11 is 0.